The van der Waals surface area contributed by atoms with Crippen molar-refractivity contribution in [2.75, 3.05) is 0 Å². The first kappa shape index (κ1) is 15.2. The van der Waals surface area contributed by atoms with Gasteiger partial charge in [-0.2, -0.15) is 5.26 Å². The Balaban J connectivity index is 2.17. The van der Waals surface area contributed by atoms with Crippen molar-refractivity contribution in [3.8, 4) is 6.07 Å². The van der Waals surface area contributed by atoms with Gasteiger partial charge in [-0.05, 0) is 29.7 Å². The number of nitrogens with one attached hydrogen (secondary N) is 1. The van der Waals surface area contributed by atoms with Crippen molar-refractivity contribution < 1.29 is 9.18 Å². The maximum absolute atomic E-state index is 13.7. The second-order valence-corrected chi connectivity index (χ2v) is 5.51. The second-order valence-electron chi connectivity index (χ2n) is 4.07. The predicted molar refractivity (Wildman–Crippen MR) is 81.2 cm³/mol. The van der Waals surface area contributed by atoms with E-state index in [0.29, 0.717) is 6.54 Å². The number of carbonyl (C=O) groups excluding carboxylic acids is 1. The largest absolute Gasteiger partial charge is 0.347 e. The number of thiophene rings is 1. The van der Waals surface area contributed by atoms with Crippen LogP contribution in [0.4, 0.5) is 4.39 Å². The quantitative estimate of drug-likeness (QED) is 0.688. The Hall–Kier alpha value is -2.16. The molecule has 2 rings (SSSR count). The normalized spacial score (nSPS) is 11.0. The van der Waals surface area contributed by atoms with E-state index in [-0.39, 0.29) is 16.2 Å². The molecule has 0 bridgehead atoms. The summed E-state index contributed by atoms with van der Waals surface area (Å²) >= 11 is 7.36. The number of benzene rings is 1. The number of nitriles is 1. The lowest BCUT2D eigenvalue weighted by molar-refractivity contribution is -0.117. The molecule has 0 atom stereocenters. The summed E-state index contributed by atoms with van der Waals surface area (Å²) in [5.41, 5.74) is -0.166. The molecule has 1 aromatic heterocycles. The Morgan fingerprint density at radius 1 is 1.43 bits per heavy atom. The molecule has 0 radical (unpaired) electrons. The van der Waals surface area contributed by atoms with Gasteiger partial charge in [0.1, 0.15) is 17.5 Å². The number of nitrogens with zero attached hydrogens (tertiary/aromatic N) is 1. The molecule has 6 heteroatoms. The molecule has 1 amide bonds. The van der Waals surface area contributed by atoms with Gasteiger partial charge in [0, 0.05) is 10.4 Å². The Morgan fingerprint density at radius 2 is 2.24 bits per heavy atom. The molecule has 1 N–H and O–H groups in total. The fourth-order valence-electron chi connectivity index (χ4n) is 1.62. The zero-order valence-electron chi connectivity index (χ0n) is 10.8. The van der Waals surface area contributed by atoms with Crippen LogP contribution in [-0.2, 0) is 11.3 Å². The maximum Gasteiger partial charge on any atom is 0.262 e. The molecule has 0 saturated carbocycles. The Labute approximate surface area is 130 Å². The van der Waals surface area contributed by atoms with E-state index < -0.39 is 11.7 Å². The molecule has 1 heterocycles. The lowest BCUT2D eigenvalue weighted by atomic mass is 10.1. The van der Waals surface area contributed by atoms with E-state index in [1.807, 2.05) is 17.5 Å². The number of carbonyl (C=O) groups is 1. The van der Waals surface area contributed by atoms with Crippen LogP contribution in [0.1, 0.15) is 10.4 Å². The molecule has 0 unspecified atom stereocenters. The first-order valence-electron chi connectivity index (χ1n) is 5.98. The van der Waals surface area contributed by atoms with Crippen molar-refractivity contribution in [2.45, 2.75) is 6.54 Å². The summed E-state index contributed by atoms with van der Waals surface area (Å²) in [6.07, 6.45) is 1.15. The van der Waals surface area contributed by atoms with Crippen LogP contribution in [-0.4, -0.2) is 5.91 Å². The molecular weight excluding hydrogens is 311 g/mol. The van der Waals surface area contributed by atoms with Crippen molar-refractivity contribution in [1.29, 1.82) is 5.26 Å². The Kier molecular flexibility index (Phi) is 5.09. The highest BCUT2D eigenvalue weighted by Crippen LogP contribution is 2.21. The fourth-order valence-corrected chi connectivity index (χ4v) is 2.48. The van der Waals surface area contributed by atoms with Crippen molar-refractivity contribution in [3.63, 3.8) is 0 Å². The molecule has 106 valence electrons. The van der Waals surface area contributed by atoms with Gasteiger partial charge in [-0.25, -0.2) is 4.39 Å². The third kappa shape index (κ3) is 3.91. The number of hydrogen-bond donors (Lipinski definition) is 1. The van der Waals surface area contributed by atoms with Gasteiger partial charge in [0.05, 0.1) is 11.6 Å². The molecule has 0 aliphatic heterocycles. The molecule has 0 saturated heterocycles. The second kappa shape index (κ2) is 7.02. The monoisotopic (exact) mass is 320 g/mol. The van der Waals surface area contributed by atoms with E-state index in [1.54, 1.807) is 6.07 Å². The Morgan fingerprint density at radius 3 is 2.86 bits per heavy atom. The third-order valence-electron chi connectivity index (χ3n) is 2.66. The van der Waals surface area contributed by atoms with Crippen molar-refractivity contribution in [3.05, 3.63) is 62.6 Å². The van der Waals surface area contributed by atoms with Gasteiger partial charge < -0.3 is 5.32 Å². The smallest absolute Gasteiger partial charge is 0.262 e. The molecule has 3 nitrogen and oxygen atoms in total. The van der Waals surface area contributed by atoms with E-state index in [2.05, 4.69) is 5.32 Å². The minimum Gasteiger partial charge on any atom is -0.347 e. The van der Waals surface area contributed by atoms with Crippen LogP contribution < -0.4 is 5.32 Å². The number of amides is 1. The summed E-state index contributed by atoms with van der Waals surface area (Å²) in [6.45, 7) is 0.320. The van der Waals surface area contributed by atoms with Crippen LogP contribution >= 0.6 is 22.9 Å². The van der Waals surface area contributed by atoms with Crippen LogP contribution in [0.25, 0.3) is 6.08 Å². The van der Waals surface area contributed by atoms with E-state index in [9.17, 15) is 9.18 Å². The molecule has 0 aliphatic rings. The van der Waals surface area contributed by atoms with Crippen LogP contribution in [0, 0.1) is 17.1 Å². The molecule has 0 aliphatic carbocycles. The first-order chi connectivity index (χ1) is 10.1. The molecule has 0 spiro atoms. The number of rotatable bonds is 4. The molecule has 0 fully saturated rings. The predicted octanol–water partition coefficient (Wildman–Crippen LogP) is 3.76. The Bertz CT molecular complexity index is 700. The summed E-state index contributed by atoms with van der Waals surface area (Å²) in [4.78, 5) is 12.9. The standard InChI is InChI=1S/C15H10ClFN2OS/c16-13-4-1-5-14(17)12(13)7-10(8-18)15(20)19-9-11-3-2-6-21-11/h1-7H,9H2,(H,19,20)/b10-7+. The van der Waals surface area contributed by atoms with Gasteiger partial charge in [-0.3, -0.25) is 4.79 Å². The van der Waals surface area contributed by atoms with Gasteiger partial charge in [0.15, 0.2) is 0 Å². The minimum absolute atomic E-state index is 0.0296. The zero-order valence-corrected chi connectivity index (χ0v) is 12.3. The van der Waals surface area contributed by atoms with Crippen LogP contribution in [0.15, 0.2) is 41.3 Å². The van der Waals surface area contributed by atoms with E-state index in [1.165, 1.54) is 29.5 Å². The fraction of sp³-hybridized carbons (Fsp3) is 0.0667. The third-order valence-corrected chi connectivity index (χ3v) is 3.86. The van der Waals surface area contributed by atoms with Crippen molar-refractivity contribution in [1.82, 2.24) is 5.32 Å². The topological polar surface area (TPSA) is 52.9 Å². The maximum atomic E-state index is 13.7. The van der Waals surface area contributed by atoms with E-state index >= 15 is 0 Å². The SMILES string of the molecule is N#C/C(=C\c1c(F)cccc1Cl)C(=O)NCc1cccs1. The lowest BCUT2D eigenvalue weighted by Crippen LogP contribution is -2.23. The molecule has 1 aromatic carbocycles. The first-order valence-corrected chi connectivity index (χ1v) is 7.24. The van der Waals surface area contributed by atoms with Gasteiger partial charge in [0.25, 0.3) is 5.91 Å². The summed E-state index contributed by atoms with van der Waals surface area (Å²) in [6, 6.07) is 9.67. The van der Waals surface area contributed by atoms with Gasteiger partial charge >= 0.3 is 0 Å². The van der Waals surface area contributed by atoms with E-state index in [4.69, 9.17) is 16.9 Å². The van der Waals surface area contributed by atoms with Crippen LogP contribution in [0.5, 0.6) is 0 Å². The van der Waals surface area contributed by atoms with E-state index in [0.717, 1.165) is 11.0 Å². The average Bonchev–Trinajstić information content (AvgIpc) is 2.98. The molecular formula is C15H10ClFN2OS. The van der Waals surface area contributed by atoms with Crippen LogP contribution in [0.3, 0.4) is 0 Å². The highest BCUT2D eigenvalue weighted by molar-refractivity contribution is 7.09. The lowest BCUT2D eigenvalue weighted by Gasteiger charge is -2.04. The van der Waals surface area contributed by atoms with Crippen molar-refractivity contribution >= 4 is 34.9 Å². The van der Waals surface area contributed by atoms with Crippen LogP contribution in [0.2, 0.25) is 5.02 Å². The number of hydrogen-bond acceptors (Lipinski definition) is 3. The summed E-state index contributed by atoms with van der Waals surface area (Å²) in [7, 11) is 0. The van der Waals surface area contributed by atoms with Gasteiger partial charge in [-0.15, -0.1) is 11.3 Å². The minimum atomic E-state index is -0.582. The highest BCUT2D eigenvalue weighted by Gasteiger charge is 2.12. The number of halogens is 2. The van der Waals surface area contributed by atoms with Gasteiger partial charge in [0.2, 0.25) is 0 Å². The average molecular weight is 321 g/mol. The molecule has 2 aromatic rings. The zero-order chi connectivity index (χ0) is 15.2. The summed E-state index contributed by atoms with van der Waals surface area (Å²) in [5, 5.41) is 13.7. The molecule has 21 heavy (non-hydrogen) atoms. The summed E-state index contributed by atoms with van der Waals surface area (Å²) in [5.74, 6) is -1.15. The highest BCUT2D eigenvalue weighted by atomic mass is 35.5. The van der Waals surface area contributed by atoms with Gasteiger partial charge in [-0.1, -0.05) is 23.7 Å². The van der Waals surface area contributed by atoms with Crippen molar-refractivity contribution in [2.24, 2.45) is 0 Å². The summed E-state index contributed by atoms with van der Waals surface area (Å²) < 4.78 is 13.7.